The van der Waals surface area contributed by atoms with Crippen molar-refractivity contribution in [2.75, 3.05) is 6.54 Å². The van der Waals surface area contributed by atoms with Crippen molar-refractivity contribution in [3.05, 3.63) is 12.2 Å². The molecule has 3 saturated heterocycles. The van der Waals surface area contributed by atoms with Crippen LogP contribution in [0.1, 0.15) is 45.4 Å². The quantitative estimate of drug-likeness (QED) is 0.695. The van der Waals surface area contributed by atoms with Gasteiger partial charge in [0.05, 0.1) is 6.10 Å². The number of hydrogen-bond acceptors (Lipinski definition) is 2. The van der Waals surface area contributed by atoms with Crippen LogP contribution in [0, 0.1) is 39.9 Å². The number of aliphatic hydroxyl groups is 1. The molecule has 1 N–H and O–H groups in total. The molecule has 9 rings (SSSR count). The fourth-order valence-corrected chi connectivity index (χ4v) is 10.4. The highest BCUT2D eigenvalue weighted by Gasteiger charge is 2.87. The number of piperidine rings is 2. The zero-order valence-electron chi connectivity index (χ0n) is 13.6. The first kappa shape index (κ1) is 12.1. The van der Waals surface area contributed by atoms with Gasteiger partial charge in [-0.3, -0.25) is 4.90 Å². The summed E-state index contributed by atoms with van der Waals surface area (Å²) in [4.78, 5) is 2.98. The minimum absolute atomic E-state index is 0.172. The molecule has 118 valence electrons. The van der Waals surface area contributed by atoms with Crippen LogP contribution >= 0.6 is 0 Å². The molecule has 2 nitrogen and oxygen atoms in total. The third kappa shape index (κ3) is 0.815. The fourth-order valence-electron chi connectivity index (χ4n) is 10.4. The van der Waals surface area contributed by atoms with Crippen LogP contribution in [0.3, 0.4) is 0 Å². The summed E-state index contributed by atoms with van der Waals surface area (Å²) in [5.74, 6) is 3.21. The van der Waals surface area contributed by atoms with Crippen molar-refractivity contribution in [2.24, 2.45) is 39.9 Å². The molecule has 22 heavy (non-hydrogen) atoms. The molecule has 2 heteroatoms. The zero-order chi connectivity index (χ0) is 14.6. The van der Waals surface area contributed by atoms with E-state index in [4.69, 9.17) is 0 Å². The number of nitrogens with zero attached hydrogens (tertiary/aromatic N) is 1. The summed E-state index contributed by atoms with van der Waals surface area (Å²) < 4.78 is 0. The van der Waals surface area contributed by atoms with Gasteiger partial charge in [-0.1, -0.05) is 19.9 Å². The van der Waals surface area contributed by atoms with E-state index >= 15 is 0 Å². The van der Waals surface area contributed by atoms with Crippen molar-refractivity contribution in [3.8, 4) is 0 Å². The van der Waals surface area contributed by atoms with E-state index in [0.717, 1.165) is 29.8 Å². The van der Waals surface area contributed by atoms with Gasteiger partial charge in [0.15, 0.2) is 0 Å². The second-order valence-corrected chi connectivity index (χ2v) is 10.4. The normalized spacial score (nSPS) is 75.1. The summed E-state index contributed by atoms with van der Waals surface area (Å²) in [7, 11) is 0. The van der Waals surface area contributed by atoms with Gasteiger partial charge in [0.25, 0.3) is 0 Å². The second kappa shape index (κ2) is 2.99. The van der Waals surface area contributed by atoms with E-state index in [-0.39, 0.29) is 11.5 Å². The van der Waals surface area contributed by atoms with Gasteiger partial charge in [-0.05, 0) is 72.2 Å². The Bertz CT molecular complexity index is 644. The molecule has 9 bridgehead atoms. The number of fused-ring (bicyclic) bond motifs is 1. The number of aliphatic hydroxyl groups excluding tert-OH is 1. The van der Waals surface area contributed by atoms with Crippen LogP contribution in [0.5, 0.6) is 0 Å². The Morgan fingerprint density at radius 1 is 1.23 bits per heavy atom. The maximum absolute atomic E-state index is 11.2. The lowest BCUT2D eigenvalue weighted by Gasteiger charge is -2.64. The van der Waals surface area contributed by atoms with E-state index in [2.05, 4.69) is 18.4 Å². The minimum Gasteiger partial charge on any atom is -0.388 e. The van der Waals surface area contributed by atoms with Gasteiger partial charge in [-0.15, -0.1) is 0 Å². The predicted octanol–water partition coefficient (Wildman–Crippen LogP) is 2.82. The lowest BCUT2D eigenvalue weighted by Crippen LogP contribution is -2.63. The summed E-state index contributed by atoms with van der Waals surface area (Å²) in [6.07, 6.45) is 8.23. The van der Waals surface area contributed by atoms with Crippen molar-refractivity contribution in [2.45, 2.75) is 63.6 Å². The topological polar surface area (TPSA) is 23.5 Å². The Hall–Kier alpha value is -0.340. The van der Waals surface area contributed by atoms with E-state index in [1.54, 1.807) is 0 Å². The molecule has 0 amide bonds. The van der Waals surface area contributed by atoms with E-state index in [0.29, 0.717) is 16.7 Å². The molecule has 2 spiro atoms. The third-order valence-corrected chi connectivity index (χ3v) is 10.3. The standard InChI is InChI=1S/C20H27NO/c1-10-11-6-12-16-19-5-3-4-18(2)9-21(16)13(15(18)19)8-20(12,17(10)22)14(19)7-11/h11-17,22H,1,3-9H2,2H3/t11-,12+,13-,14-,15+,16?,17+,18-,19?,20?/m0/s1. The van der Waals surface area contributed by atoms with Gasteiger partial charge in [0, 0.05) is 24.0 Å². The summed E-state index contributed by atoms with van der Waals surface area (Å²) in [6.45, 7) is 8.32. The van der Waals surface area contributed by atoms with E-state index < -0.39 is 0 Å². The van der Waals surface area contributed by atoms with Crippen molar-refractivity contribution in [1.82, 2.24) is 4.90 Å². The molecule has 11 atom stereocenters. The van der Waals surface area contributed by atoms with Gasteiger partial charge in [0.1, 0.15) is 0 Å². The van der Waals surface area contributed by atoms with E-state index in [9.17, 15) is 5.11 Å². The SMILES string of the molecule is C=C1[C@H]2C[C@@H]3C4N5C[C@]6(C)CCCC47[C@H](C2)C3(C[C@H]5[C@@H]76)[C@@H]1O. The maximum atomic E-state index is 11.2. The first-order chi connectivity index (χ1) is 10.5. The van der Waals surface area contributed by atoms with Crippen LogP contribution in [0.15, 0.2) is 12.2 Å². The third-order valence-electron chi connectivity index (χ3n) is 10.3. The smallest absolute Gasteiger partial charge is 0.0813 e. The van der Waals surface area contributed by atoms with Crippen LogP contribution < -0.4 is 0 Å². The molecular weight excluding hydrogens is 270 g/mol. The Balaban J connectivity index is 1.53. The van der Waals surface area contributed by atoms with Crippen molar-refractivity contribution in [1.29, 1.82) is 0 Å². The Morgan fingerprint density at radius 2 is 2.09 bits per heavy atom. The summed E-state index contributed by atoms with van der Waals surface area (Å²) >= 11 is 0. The highest BCUT2D eigenvalue weighted by molar-refractivity contribution is 5.42. The van der Waals surface area contributed by atoms with Crippen molar-refractivity contribution < 1.29 is 5.11 Å². The first-order valence-corrected chi connectivity index (χ1v) is 9.66. The highest BCUT2D eigenvalue weighted by Crippen LogP contribution is 2.86. The van der Waals surface area contributed by atoms with Crippen LogP contribution in [-0.4, -0.2) is 34.7 Å². The second-order valence-electron chi connectivity index (χ2n) is 10.4. The molecule has 9 aliphatic rings. The molecule has 0 aromatic carbocycles. The van der Waals surface area contributed by atoms with Gasteiger partial charge < -0.3 is 5.11 Å². The molecule has 0 aromatic rings. The van der Waals surface area contributed by atoms with E-state index in [1.165, 1.54) is 50.6 Å². The van der Waals surface area contributed by atoms with Gasteiger partial charge in [-0.2, -0.15) is 0 Å². The Morgan fingerprint density at radius 3 is 2.95 bits per heavy atom. The lowest BCUT2D eigenvalue weighted by molar-refractivity contribution is -0.166. The zero-order valence-corrected chi connectivity index (χ0v) is 13.6. The molecule has 6 aliphatic carbocycles. The predicted molar refractivity (Wildman–Crippen MR) is 84.1 cm³/mol. The fraction of sp³-hybridized carbons (Fsp3) is 0.900. The molecule has 0 aromatic heterocycles. The molecule has 4 unspecified atom stereocenters. The Kier molecular flexibility index (Phi) is 1.64. The van der Waals surface area contributed by atoms with Crippen LogP contribution in [0.25, 0.3) is 0 Å². The van der Waals surface area contributed by atoms with Crippen LogP contribution in [0.2, 0.25) is 0 Å². The first-order valence-electron chi connectivity index (χ1n) is 9.66. The largest absolute Gasteiger partial charge is 0.388 e. The van der Waals surface area contributed by atoms with Crippen molar-refractivity contribution in [3.63, 3.8) is 0 Å². The van der Waals surface area contributed by atoms with Crippen molar-refractivity contribution >= 4 is 0 Å². The Labute approximate surface area is 132 Å². The molecule has 0 radical (unpaired) electrons. The van der Waals surface area contributed by atoms with Crippen LogP contribution in [-0.2, 0) is 0 Å². The van der Waals surface area contributed by atoms with Gasteiger partial charge in [0.2, 0.25) is 0 Å². The summed E-state index contributed by atoms with van der Waals surface area (Å²) in [5, 5.41) is 11.2. The maximum Gasteiger partial charge on any atom is 0.0813 e. The highest BCUT2D eigenvalue weighted by atomic mass is 16.3. The lowest BCUT2D eigenvalue weighted by atomic mass is 9.40. The molecule has 3 aliphatic heterocycles. The van der Waals surface area contributed by atoms with Gasteiger partial charge >= 0.3 is 0 Å². The number of rotatable bonds is 0. The van der Waals surface area contributed by atoms with E-state index in [1.807, 2.05) is 0 Å². The average Bonchev–Trinajstić information content (AvgIpc) is 2.90. The molecule has 6 saturated carbocycles. The average molecular weight is 297 g/mol. The molecular formula is C20H27NO. The van der Waals surface area contributed by atoms with Crippen LogP contribution in [0.4, 0.5) is 0 Å². The molecule has 3 heterocycles. The number of hydrogen-bond donors (Lipinski definition) is 1. The summed E-state index contributed by atoms with van der Waals surface area (Å²) in [6, 6.07) is 1.64. The summed E-state index contributed by atoms with van der Waals surface area (Å²) in [5.41, 5.74) is 2.65. The van der Waals surface area contributed by atoms with Gasteiger partial charge in [-0.25, -0.2) is 0 Å². The minimum atomic E-state index is -0.172. The monoisotopic (exact) mass is 297 g/mol. The molecule has 9 fully saturated rings.